The molecule has 128 valence electrons. The Labute approximate surface area is 153 Å². The maximum absolute atomic E-state index is 12.1. The summed E-state index contributed by atoms with van der Waals surface area (Å²) in [6, 6.07) is 13.1. The highest BCUT2D eigenvalue weighted by Gasteiger charge is 2.32. The van der Waals surface area contributed by atoms with Crippen LogP contribution in [-0.4, -0.2) is 27.9 Å². The monoisotopic (exact) mass is 372 g/mol. The first-order valence-corrected chi connectivity index (χ1v) is 9.36. The van der Waals surface area contributed by atoms with Gasteiger partial charge in [-0.1, -0.05) is 36.0 Å². The Kier molecular flexibility index (Phi) is 5.62. The SMILES string of the molecule is C/C(=N/N=C1\NC(=O)[C@H](CC(=O)Nc2ccccc2)S1)c1cccs1. The summed E-state index contributed by atoms with van der Waals surface area (Å²) < 4.78 is 0. The highest BCUT2D eigenvalue weighted by molar-refractivity contribution is 8.15. The molecule has 1 aromatic heterocycles. The Bertz CT molecular complexity index is 816. The van der Waals surface area contributed by atoms with Crippen molar-refractivity contribution in [3.8, 4) is 0 Å². The molecular formula is C17H16N4O2S2. The number of anilines is 1. The van der Waals surface area contributed by atoms with Gasteiger partial charge < -0.3 is 10.6 Å². The van der Waals surface area contributed by atoms with Crippen LogP contribution in [0.2, 0.25) is 0 Å². The van der Waals surface area contributed by atoms with Gasteiger partial charge in [-0.15, -0.1) is 16.4 Å². The lowest BCUT2D eigenvalue weighted by molar-refractivity contribution is -0.122. The molecule has 6 nitrogen and oxygen atoms in total. The molecule has 0 saturated carbocycles. The van der Waals surface area contributed by atoms with Crippen LogP contribution in [0.5, 0.6) is 0 Å². The van der Waals surface area contributed by atoms with Crippen LogP contribution in [0.15, 0.2) is 58.0 Å². The summed E-state index contributed by atoms with van der Waals surface area (Å²) in [7, 11) is 0. The first-order chi connectivity index (χ1) is 12.1. The number of nitrogens with zero attached hydrogens (tertiary/aromatic N) is 2. The number of thioether (sulfide) groups is 1. The molecule has 1 aliphatic heterocycles. The molecule has 0 bridgehead atoms. The van der Waals surface area contributed by atoms with Crippen LogP contribution in [0, 0.1) is 0 Å². The molecule has 2 N–H and O–H groups in total. The van der Waals surface area contributed by atoms with Crippen molar-refractivity contribution in [2.45, 2.75) is 18.6 Å². The fraction of sp³-hybridized carbons (Fsp3) is 0.176. The van der Waals surface area contributed by atoms with Crippen LogP contribution < -0.4 is 10.6 Å². The van der Waals surface area contributed by atoms with E-state index in [1.807, 2.05) is 42.6 Å². The minimum atomic E-state index is -0.500. The highest BCUT2D eigenvalue weighted by Crippen LogP contribution is 2.23. The van der Waals surface area contributed by atoms with E-state index < -0.39 is 5.25 Å². The van der Waals surface area contributed by atoms with Crippen LogP contribution in [0.25, 0.3) is 0 Å². The maximum Gasteiger partial charge on any atom is 0.240 e. The van der Waals surface area contributed by atoms with E-state index in [2.05, 4.69) is 20.8 Å². The summed E-state index contributed by atoms with van der Waals surface area (Å²) >= 11 is 2.80. The molecule has 2 heterocycles. The van der Waals surface area contributed by atoms with E-state index in [0.717, 1.165) is 10.6 Å². The van der Waals surface area contributed by atoms with Crippen molar-refractivity contribution in [2.24, 2.45) is 10.2 Å². The third kappa shape index (κ3) is 4.77. The van der Waals surface area contributed by atoms with Crippen LogP contribution in [-0.2, 0) is 9.59 Å². The molecule has 2 aromatic rings. The largest absolute Gasteiger partial charge is 0.326 e. The molecular weight excluding hydrogens is 356 g/mol. The molecule has 2 amide bonds. The molecule has 1 atom stereocenters. The van der Waals surface area contributed by atoms with Crippen molar-refractivity contribution in [2.75, 3.05) is 5.32 Å². The minimum absolute atomic E-state index is 0.0814. The number of hydrogen-bond donors (Lipinski definition) is 2. The zero-order valence-corrected chi connectivity index (χ0v) is 15.1. The zero-order chi connectivity index (χ0) is 17.6. The number of benzene rings is 1. The first-order valence-electron chi connectivity index (χ1n) is 7.60. The number of carbonyl (C=O) groups excluding carboxylic acids is 2. The van der Waals surface area contributed by atoms with Crippen molar-refractivity contribution in [3.63, 3.8) is 0 Å². The molecule has 1 fully saturated rings. The van der Waals surface area contributed by atoms with Gasteiger partial charge in [-0.25, -0.2) is 0 Å². The van der Waals surface area contributed by atoms with E-state index in [1.165, 1.54) is 11.8 Å². The number of amides is 2. The Balaban J connectivity index is 1.58. The third-order valence-corrected chi connectivity index (χ3v) is 5.42. The van der Waals surface area contributed by atoms with E-state index in [4.69, 9.17) is 0 Å². The minimum Gasteiger partial charge on any atom is -0.326 e. The van der Waals surface area contributed by atoms with E-state index in [0.29, 0.717) is 10.9 Å². The van der Waals surface area contributed by atoms with Crippen molar-refractivity contribution in [1.82, 2.24) is 5.32 Å². The molecule has 1 aliphatic rings. The number of rotatable bonds is 5. The fourth-order valence-electron chi connectivity index (χ4n) is 2.14. The normalized spacial score (nSPS) is 19.1. The Morgan fingerprint density at radius 3 is 2.76 bits per heavy atom. The zero-order valence-electron chi connectivity index (χ0n) is 13.4. The summed E-state index contributed by atoms with van der Waals surface area (Å²) in [4.78, 5) is 25.1. The molecule has 25 heavy (non-hydrogen) atoms. The summed E-state index contributed by atoms with van der Waals surface area (Å²) in [6.45, 7) is 1.86. The van der Waals surface area contributed by atoms with Gasteiger partial charge in [0.05, 0.1) is 10.6 Å². The average Bonchev–Trinajstić information content (AvgIpc) is 3.24. The average molecular weight is 372 g/mol. The third-order valence-electron chi connectivity index (χ3n) is 3.37. The molecule has 0 spiro atoms. The second-order valence-electron chi connectivity index (χ2n) is 5.28. The number of nitrogens with one attached hydrogen (secondary N) is 2. The van der Waals surface area contributed by atoms with E-state index in [9.17, 15) is 9.59 Å². The van der Waals surface area contributed by atoms with Crippen LogP contribution in [0.3, 0.4) is 0 Å². The van der Waals surface area contributed by atoms with Gasteiger partial charge in [-0.2, -0.15) is 5.10 Å². The highest BCUT2D eigenvalue weighted by atomic mass is 32.2. The summed E-state index contributed by atoms with van der Waals surface area (Å²) in [6.07, 6.45) is 0.0814. The first kappa shape index (κ1) is 17.4. The quantitative estimate of drug-likeness (QED) is 0.625. The molecule has 0 radical (unpaired) electrons. The van der Waals surface area contributed by atoms with E-state index in [-0.39, 0.29) is 18.2 Å². The van der Waals surface area contributed by atoms with Gasteiger partial charge in [0.15, 0.2) is 5.17 Å². The topological polar surface area (TPSA) is 82.9 Å². The second-order valence-corrected chi connectivity index (χ2v) is 7.42. The van der Waals surface area contributed by atoms with Crippen molar-refractivity contribution in [3.05, 3.63) is 52.7 Å². The standard InChI is InChI=1S/C17H16N4O2S2/c1-11(13-8-5-9-24-13)20-21-17-19-16(23)14(25-17)10-15(22)18-12-6-3-2-4-7-12/h2-9,14H,10H2,1H3,(H,18,22)(H,19,21,23)/b20-11-/t14-/m0/s1. The predicted molar refractivity (Wildman–Crippen MR) is 103 cm³/mol. The summed E-state index contributed by atoms with van der Waals surface area (Å²) in [5.41, 5.74) is 1.49. The number of thiophene rings is 1. The van der Waals surface area contributed by atoms with Crippen LogP contribution in [0.4, 0.5) is 5.69 Å². The molecule has 0 unspecified atom stereocenters. The predicted octanol–water partition coefficient (Wildman–Crippen LogP) is 3.09. The fourth-order valence-corrected chi connectivity index (χ4v) is 3.73. The smallest absolute Gasteiger partial charge is 0.240 e. The van der Waals surface area contributed by atoms with Gasteiger partial charge in [0.1, 0.15) is 5.25 Å². The van der Waals surface area contributed by atoms with Gasteiger partial charge in [0.25, 0.3) is 0 Å². The van der Waals surface area contributed by atoms with Gasteiger partial charge >= 0.3 is 0 Å². The lowest BCUT2D eigenvalue weighted by Gasteiger charge is -2.06. The Hall–Kier alpha value is -2.45. The molecule has 8 heteroatoms. The summed E-state index contributed by atoms with van der Waals surface area (Å²) in [5.74, 6) is -0.436. The molecule has 0 aliphatic carbocycles. The second kappa shape index (κ2) is 8.09. The lowest BCUT2D eigenvalue weighted by atomic mass is 10.2. The van der Waals surface area contributed by atoms with Crippen molar-refractivity contribution >= 4 is 51.5 Å². The van der Waals surface area contributed by atoms with Gasteiger partial charge in [-0.3, -0.25) is 9.59 Å². The number of carbonyl (C=O) groups is 2. The summed E-state index contributed by atoms with van der Waals surface area (Å²) in [5, 5.41) is 15.5. The van der Waals surface area contributed by atoms with E-state index in [1.54, 1.807) is 23.5 Å². The molecule has 1 saturated heterocycles. The Morgan fingerprint density at radius 1 is 1.24 bits per heavy atom. The van der Waals surface area contributed by atoms with E-state index >= 15 is 0 Å². The van der Waals surface area contributed by atoms with Crippen LogP contribution >= 0.6 is 23.1 Å². The van der Waals surface area contributed by atoms with Crippen molar-refractivity contribution in [1.29, 1.82) is 0 Å². The number of para-hydroxylation sites is 1. The number of amidine groups is 1. The van der Waals surface area contributed by atoms with Gasteiger partial charge in [0, 0.05) is 12.1 Å². The lowest BCUT2D eigenvalue weighted by Crippen LogP contribution is -2.28. The maximum atomic E-state index is 12.1. The van der Waals surface area contributed by atoms with Gasteiger partial charge in [-0.05, 0) is 30.5 Å². The van der Waals surface area contributed by atoms with Gasteiger partial charge in [0.2, 0.25) is 11.8 Å². The van der Waals surface area contributed by atoms with Crippen molar-refractivity contribution < 1.29 is 9.59 Å². The molecule has 3 rings (SSSR count). The number of hydrogen-bond acceptors (Lipinski definition) is 6. The molecule has 1 aromatic carbocycles. The Morgan fingerprint density at radius 2 is 2.04 bits per heavy atom. The van der Waals surface area contributed by atoms with Crippen LogP contribution in [0.1, 0.15) is 18.2 Å².